The van der Waals surface area contributed by atoms with Gasteiger partial charge in [0.05, 0.1) is 12.9 Å². The molecule has 6 nitrogen and oxygen atoms in total. The van der Waals surface area contributed by atoms with Crippen LogP contribution in [0.15, 0.2) is 24.3 Å². The van der Waals surface area contributed by atoms with Gasteiger partial charge in [0.25, 0.3) is 10.1 Å². The third-order valence-electron chi connectivity index (χ3n) is 3.67. The molecule has 0 radical (unpaired) electrons. The van der Waals surface area contributed by atoms with Crippen LogP contribution in [0, 0.1) is 0 Å². The third-order valence-corrected chi connectivity index (χ3v) is 4.47. The number of carbonyl (C=O) groups is 1. The molecule has 0 bridgehead atoms. The largest absolute Gasteiger partial charge is 0.468 e. The summed E-state index contributed by atoms with van der Waals surface area (Å²) in [4.78, 5) is 13.8. The Bertz CT molecular complexity index is 614. The van der Waals surface area contributed by atoms with Gasteiger partial charge >= 0.3 is 5.97 Å². The second-order valence-electron chi connectivity index (χ2n) is 5.12. The lowest BCUT2D eigenvalue weighted by molar-refractivity contribution is -0.147. The van der Waals surface area contributed by atoms with Gasteiger partial charge in [0.15, 0.2) is 0 Å². The predicted molar refractivity (Wildman–Crippen MR) is 77.4 cm³/mol. The van der Waals surface area contributed by atoms with Gasteiger partial charge in [-0.25, -0.2) is 0 Å². The summed E-state index contributed by atoms with van der Waals surface area (Å²) in [6.07, 6.45) is 0.823. The second-order valence-corrected chi connectivity index (χ2v) is 6.69. The molecule has 1 atom stereocenters. The summed E-state index contributed by atoms with van der Waals surface area (Å²) < 4.78 is 35.2. The van der Waals surface area contributed by atoms with E-state index >= 15 is 0 Å². The number of hydrogen-bond acceptors (Lipinski definition) is 5. The molecule has 1 unspecified atom stereocenters. The van der Waals surface area contributed by atoms with Gasteiger partial charge in [0, 0.05) is 13.1 Å². The first-order chi connectivity index (χ1) is 9.90. The molecular formula is C14H19NO5S. The quantitative estimate of drug-likeness (QED) is 0.641. The minimum absolute atomic E-state index is 0.272. The van der Waals surface area contributed by atoms with E-state index in [-0.39, 0.29) is 18.1 Å². The van der Waals surface area contributed by atoms with Gasteiger partial charge in [-0.05, 0) is 24.0 Å². The average molecular weight is 313 g/mol. The van der Waals surface area contributed by atoms with E-state index in [0.717, 1.165) is 11.1 Å². The molecule has 0 amide bonds. The van der Waals surface area contributed by atoms with Crippen LogP contribution >= 0.6 is 0 Å². The zero-order valence-corrected chi connectivity index (χ0v) is 12.7. The van der Waals surface area contributed by atoms with Gasteiger partial charge in [0.2, 0.25) is 0 Å². The number of hydrogen-bond donors (Lipinski definition) is 1. The van der Waals surface area contributed by atoms with Gasteiger partial charge in [-0.2, -0.15) is 8.42 Å². The van der Waals surface area contributed by atoms with Crippen LogP contribution in [-0.2, 0) is 32.6 Å². The molecule has 1 aromatic rings. The summed E-state index contributed by atoms with van der Waals surface area (Å²) >= 11 is 0. The Labute approximate surface area is 124 Å². The topological polar surface area (TPSA) is 83.9 Å². The van der Waals surface area contributed by atoms with E-state index in [1.165, 1.54) is 7.11 Å². The van der Waals surface area contributed by atoms with Crippen LogP contribution in [-0.4, -0.2) is 49.3 Å². The molecule has 2 rings (SSSR count). The van der Waals surface area contributed by atoms with E-state index in [1.54, 1.807) is 0 Å². The maximum Gasteiger partial charge on any atom is 0.323 e. The summed E-state index contributed by atoms with van der Waals surface area (Å²) in [6, 6.07) is 7.44. The van der Waals surface area contributed by atoms with E-state index in [1.807, 2.05) is 29.2 Å². The van der Waals surface area contributed by atoms with Crippen molar-refractivity contribution in [1.82, 2.24) is 4.90 Å². The SMILES string of the molecule is COC(=O)C1Cc2ccccc2CN1CCCS(=O)(=O)O. The van der Waals surface area contributed by atoms with E-state index in [4.69, 9.17) is 9.29 Å². The Morgan fingerprint density at radius 1 is 1.38 bits per heavy atom. The molecule has 21 heavy (non-hydrogen) atoms. The Kier molecular flexibility index (Phi) is 4.97. The van der Waals surface area contributed by atoms with Crippen molar-refractivity contribution in [1.29, 1.82) is 0 Å². The summed E-state index contributed by atoms with van der Waals surface area (Å²) in [5.41, 5.74) is 2.24. The smallest absolute Gasteiger partial charge is 0.323 e. The van der Waals surface area contributed by atoms with Gasteiger partial charge < -0.3 is 4.74 Å². The van der Waals surface area contributed by atoms with Gasteiger partial charge in [-0.3, -0.25) is 14.2 Å². The van der Waals surface area contributed by atoms with Crippen molar-refractivity contribution >= 4 is 16.1 Å². The molecule has 1 N–H and O–H groups in total. The molecular weight excluding hydrogens is 294 g/mol. The van der Waals surface area contributed by atoms with Crippen molar-refractivity contribution in [3.8, 4) is 0 Å². The van der Waals surface area contributed by atoms with Crippen molar-refractivity contribution < 1.29 is 22.5 Å². The molecule has 0 saturated heterocycles. The van der Waals surface area contributed by atoms with Crippen LogP contribution < -0.4 is 0 Å². The summed E-state index contributed by atoms with van der Waals surface area (Å²) in [5.74, 6) is -0.629. The maximum atomic E-state index is 11.9. The summed E-state index contributed by atoms with van der Waals surface area (Å²) in [7, 11) is -2.63. The number of fused-ring (bicyclic) bond motifs is 1. The number of methoxy groups -OCH3 is 1. The van der Waals surface area contributed by atoms with E-state index in [0.29, 0.717) is 19.5 Å². The van der Waals surface area contributed by atoms with Gasteiger partial charge in [0.1, 0.15) is 6.04 Å². The number of rotatable bonds is 5. The molecule has 116 valence electrons. The number of ether oxygens (including phenoxy) is 1. The van der Waals surface area contributed by atoms with Crippen molar-refractivity contribution in [2.45, 2.75) is 25.4 Å². The van der Waals surface area contributed by atoms with Crippen LogP contribution in [0.4, 0.5) is 0 Å². The standard InChI is InChI=1S/C14H19NO5S/c1-20-14(16)13-9-11-5-2-3-6-12(11)10-15(13)7-4-8-21(17,18)19/h2-3,5-6,13H,4,7-10H2,1H3,(H,17,18,19). The Balaban J connectivity index is 2.11. The highest BCUT2D eigenvalue weighted by molar-refractivity contribution is 7.85. The number of esters is 1. The number of benzene rings is 1. The molecule has 0 saturated carbocycles. The lowest BCUT2D eigenvalue weighted by atomic mass is 9.94. The minimum Gasteiger partial charge on any atom is -0.468 e. The summed E-state index contributed by atoms with van der Waals surface area (Å²) in [6.45, 7) is 0.981. The zero-order valence-electron chi connectivity index (χ0n) is 11.9. The molecule has 0 spiro atoms. The highest BCUT2D eigenvalue weighted by Crippen LogP contribution is 2.24. The second kappa shape index (κ2) is 6.55. The van der Waals surface area contributed by atoms with Crippen LogP contribution in [0.3, 0.4) is 0 Å². The first-order valence-corrected chi connectivity index (χ1v) is 8.35. The Hall–Kier alpha value is -1.44. The predicted octanol–water partition coefficient (Wildman–Crippen LogP) is 0.864. The molecule has 0 aromatic heterocycles. The van der Waals surface area contributed by atoms with Gasteiger partial charge in [-0.1, -0.05) is 24.3 Å². The van der Waals surface area contributed by atoms with E-state index < -0.39 is 16.2 Å². The fourth-order valence-electron chi connectivity index (χ4n) is 2.63. The van der Waals surface area contributed by atoms with Crippen molar-refractivity contribution in [3.05, 3.63) is 35.4 Å². The Morgan fingerprint density at radius 2 is 2.05 bits per heavy atom. The van der Waals surface area contributed by atoms with E-state index in [2.05, 4.69) is 0 Å². The Morgan fingerprint density at radius 3 is 2.67 bits per heavy atom. The monoisotopic (exact) mass is 313 g/mol. The molecule has 1 aromatic carbocycles. The first-order valence-electron chi connectivity index (χ1n) is 6.74. The number of nitrogens with zero attached hydrogens (tertiary/aromatic N) is 1. The maximum absolute atomic E-state index is 11.9. The minimum atomic E-state index is -3.97. The van der Waals surface area contributed by atoms with Crippen molar-refractivity contribution in [2.75, 3.05) is 19.4 Å². The highest BCUT2D eigenvalue weighted by atomic mass is 32.2. The molecule has 0 aliphatic carbocycles. The molecule has 1 aliphatic rings. The lowest BCUT2D eigenvalue weighted by Gasteiger charge is -2.35. The fraction of sp³-hybridized carbons (Fsp3) is 0.500. The van der Waals surface area contributed by atoms with Crippen molar-refractivity contribution in [2.24, 2.45) is 0 Å². The molecule has 1 aliphatic heterocycles. The number of carbonyl (C=O) groups excluding carboxylic acids is 1. The van der Waals surface area contributed by atoms with Gasteiger partial charge in [-0.15, -0.1) is 0 Å². The highest BCUT2D eigenvalue weighted by Gasteiger charge is 2.31. The first kappa shape index (κ1) is 15.9. The lowest BCUT2D eigenvalue weighted by Crippen LogP contribution is -2.46. The molecule has 1 heterocycles. The third kappa shape index (κ3) is 4.26. The van der Waals surface area contributed by atoms with Crippen LogP contribution in [0.1, 0.15) is 17.5 Å². The van der Waals surface area contributed by atoms with Crippen molar-refractivity contribution in [3.63, 3.8) is 0 Å². The zero-order chi connectivity index (χ0) is 15.5. The summed E-state index contributed by atoms with van der Waals surface area (Å²) in [5, 5.41) is 0. The van der Waals surface area contributed by atoms with Crippen LogP contribution in [0.25, 0.3) is 0 Å². The normalized spacial score (nSPS) is 19.0. The van der Waals surface area contributed by atoms with Crippen LogP contribution in [0.5, 0.6) is 0 Å². The van der Waals surface area contributed by atoms with Crippen LogP contribution in [0.2, 0.25) is 0 Å². The fourth-order valence-corrected chi connectivity index (χ4v) is 3.12. The van der Waals surface area contributed by atoms with E-state index in [9.17, 15) is 13.2 Å². The molecule has 7 heteroatoms. The molecule has 0 fully saturated rings. The average Bonchev–Trinajstić information content (AvgIpc) is 2.44.